The zero-order valence-corrected chi connectivity index (χ0v) is 14.0. The van der Waals surface area contributed by atoms with Crippen LogP contribution in [-0.4, -0.2) is 19.6 Å². The molecule has 1 N–H and O–H groups in total. The van der Waals surface area contributed by atoms with Crippen molar-refractivity contribution in [3.8, 4) is 11.1 Å². The van der Waals surface area contributed by atoms with Crippen LogP contribution in [0.2, 0.25) is 0 Å². The first-order valence-corrected chi connectivity index (χ1v) is 8.42. The molecule has 2 aromatic heterocycles. The smallest absolute Gasteiger partial charge is 0.284 e. The Balaban J connectivity index is 1.89. The fourth-order valence-corrected chi connectivity index (χ4v) is 3.44. The van der Waals surface area contributed by atoms with Gasteiger partial charge in [0.1, 0.15) is 5.82 Å². The summed E-state index contributed by atoms with van der Waals surface area (Å²) in [5, 5.41) is 4.60. The molecule has 0 amide bonds. The van der Waals surface area contributed by atoms with Crippen LogP contribution in [0.4, 0.5) is 4.39 Å². The average molecular weight is 352 g/mol. The van der Waals surface area contributed by atoms with Crippen molar-refractivity contribution < 1.29 is 4.39 Å². The van der Waals surface area contributed by atoms with E-state index in [-0.39, 0.29) is 5.82 Å². The highest BCUT2D eigenvalue weighted by molar-refractivity contribution is 7.99. The Morgan fingerprint density at radius 3 is 2.56 bits per heavy atom. The van der Waals surface area contributed by atoms with Crippen molar-refractivity contribution >= 4 is 17.4 Å². The number of aromatic amines is 1. The van der Waals surface area contributed by atoms with Crippen LogP contribution in [-0.2, 0) is 0 Å². The molecule has 0 aliphatic rings. The summed E-state index contributed by atoms with van der Waals surface area (Å²) in [7, 11) is 0. The lowest BCUT2D eigenvalue weighted by Gasteiger charge is -2.04. The maximum atomic E-state index is 13.9. The summed E-state index contributed by atoms with van der Waals surface area (Å²) in [6.45, 7) is 1.83. The van der Waals surface area contributed by atoms with Gasteiger partial charge in [0, 0.05) is 5.56 Å². The number of hydrogen-bond acceptors (Lipinski definition) is 4. The minimum absolute atomic E-state index is 0.319. The van der Waals surface area contributed by atoms with E-state index >= 15 is 0 Å². The summed E-state index contributed by atoms with van der Waals surface area (Å²) in [5.74, 6) is -0.358. The van der Waals surface area contributed by atoms with Crippen LogP contribution in [0.15, 0.2) is 69.4 Å². The highest BCUT2D eigenvalue weighted by atomic mass is 32.2. The van der Waals surface area contributed by atoms with Gasteiger partial charge in [-0.3, -0.25) is 4.98 Å². The zero-order chi connectivity index (χ0) is 17.4. The van der Waals surface area contributed by atoms with Gasteiger partial charge >= 0.3 is 5.69 Å². The van der Waals surface area contributed by atoms with E-state index in [0.29, 0.717) is 21.4 Å². The van der Waals surface area contributed by atoms with E-state index in [2.05, 4.69) is 15.1 Å². The Kier molecular flexibility index (Phi) is 3.85. The van der Waals surface area contributed by atoms with E-state index in [1.165, 1.54) is 10.6 Å². The summed E-state index contributed by atoms with van der Waals surface area (Å²) in [6, 6.07) is 16.0. The van der Waals surface area contributed by atoms with E-state index in [4.69, 9.17) is 0 Å². The van der Waals surface area contributed by atoms with Gasteiger partial charge in [-0.25, -0.2) is 14.2 Å². The number of H-pyrrole nitrogens is 1. The van der Waals surface area contributed by atoms with Crippen LogP contribution in [0.25, 0.3) is 16.8 Å². The molecule has 0 spiro atoms. The quantitative estimate of drug-likeness (QED) is 0.611. The number of halogens is 1. The lowest BCUT2D eigenvalue weighted by molar-refractivity contribution is 0.601. The second-order valence-electron chi connectivity index (χ2n) is 5.44. The first kappa shape index (κ1) is 15.6. The summed E-state index contributed by atoms with van der Waals surface area (Å²) in [5.41, 5.74) is 2.47. The normalized spacial score (nSPS) is 11.1. The van der Waals surface area contributed by atoms with E-state index < -0.39 is 5.69 Å². The van der Waals surface area contributed by atoms with Crippen molar-refractivity contribution in [3.63, 3.8) is 0 Å². The molecule has 4 rings (SSSR count). The Labute approximate surface area is 146 Å². The number of nitrogens with one attached hydrogen (secondary N) is 1. The topological polar surface area (TPSA) is 63.1 Å². The van der Waals surface area contributed by atoms with E-state index in [0.717, 1.165) is 22.9 Å². The average Bonchev–Trinajstić information content (AvgIpc) is 2.94. The molecule has 2 heterocycles. The molecule has 0 unspecified atom stereocenters. The van der Waals surface area contributed by atoms with Crippen LogP contribution >= 0.6 is 11.8 Å². The lowest BCUT2D eigenvalue weighted by Crippen LogP contribution is -2.19. The molecule has 5 nitrogen and oxygen atoms in total. The van der Waals surface area contributed by atoms with Crippen LogP contribution in [0.3, 0.4) is 0 Å². The fraction of sp³-hybridized carbons (Fsp3) is 0.0556. The number of fused-ring (bicyclic) bond motifs is 1. The molecule has 0 saturated heterocycles. The molecule has 0 atom stereocenters. The van der Waals surface area contributed by atoms with Crippen molar-refractivity contribution in [1.29, 1.82) is 0 Å². The largest absolute Gasteiger partial charge is 0.350 e. The Morgan fingerprint density at radius 2 is 1.80 bits per heavy atom. The van der Waals surface area contributed by atoms with Crippen molar-refractivity contribution in [2.24, 2.45) is 0 Å². The van der Waals surface area contributed by atoms with Gasteiger partial charge < -0.3 is 0 Å². The second kappa shape index (κ2) is 6.18. The molecule has 25 heavy (non-hydrogen) atoms. The van der Waals surface area contributed by atoms with Crippen molar-refractivity contribution in [1.82, 2.24) is 19.6 Å². The molecule has 2 aromatic carbocycles. The highest BCUT2D eigenvalue weighted by Crippen LogP contribution is 2.29. The summed E-state index contributed by atoms with van der Waals surface area (Å²) >= 11 is 1.07. The van der Waals surface area contributed by atoms with Gasteiger partial charge in [0.05, 0.1) is 10.6 Å². The number of rotatable bonds is 3. The maximum Gasteiger partial charge on any atom is 0.350 e. The maximum absolute atomic E-state index is 13.9. The third-order valence-electron chi connectivity index (χ3n) is 3.76. The molecule has 4 aromatic rings. The molecule has 124 valence electrons. The first-order chi connectivity index (χ1) is 12.1. The van der Waals surface area contributed by atoms with Crippen molar-refractivity contribution in [2.75, 3.05) is 0 Å². The molecule has 0 bridgehead atoms. The van der Waals surface area contributed by atoms with Gasteiger partial charge in [-0.1, -0.05) is 42.5 Å². The third-order valence-corrected chi connectivity index (χ3v) is 4.69. The fourth-order valence-electron chi connectivity index (χ4n) is 2.65. The minimum atomic E-state index is -0.408. The van der Waals surface area contributed by atoms with Gasteiger partial charge in [0.2, 0.25) is 0 Å². The van der Waals surface area contributed by atoms with Crippen LogP contribution in [0, 0.1) is 12.7 Å². The molecule has 0 aliphatic carbocycles. The van der Waals surface area contributed by atoms with Crippen molar-refractivity contribution in [3.05, 3.63) is 76.6 Å². The third kappa shape index (κ3) is 2.83. The van der Waals surface area contributed by atoms with Gasteiger partial charge in [0.25, 0.3) is 0 Å². The highest BCUT2D eigenvalue weighted by Gasteiger charge is 2.16. The summed E-state index contributed by atoms with van der Waals surface area (Å²) < 4.78 is 15.1. The Morgan fingerprint density at radius 1 is 1.08 bits per heavy atom. The van der Waals surface area contributed by atoms with E-state index in [1.54, 1.807) is 18.2 Å². The number of aromatic nitrogens is 4. The molecule has 0 fully saturated rings. The summed E-state index contributed by atoms with van der Waals surface area (Å²) in [6.07, 6.45) is 0. The zero-order valence-electron chi connectivity index (χ0n) is 13.2. The van der Waals surface area contributed by atoms with Crippen LogP contribution < -0.4 is 5.69 Å². The number of aryl methyl sites for hydroxylation is 1. The van der Waals surface area contributed by atoms with Crippen LogP contribution in [0.1, 0.15) is 5.69 Å². The van der Waals surface area contributed by atoms with Gasteiger partial charge in [-0.15, -0.1) is 0 Å². The molecular formula is C18H13FN4OS. The minimum Gasteiger partial charge on any atom is -0.284 e. The Hall–Kier alpha value is -2.93. The van der Waals surface area contributed by atoms with Crippen molar-refractivity contribution in [2.45, 2.75) is 17.0 Å². The monoisotopic (exact) mass is 352 g/mol. The number of nitrogens with zero attached hydrogens (tertiary/aromatic N) is 3. The summed E-state index contributed by atoms with van der Waals surface area (Å²) in [4.78, 5) is 19.9. The number of benzene rings is 2. The molecule has 7 heteroatoms. The molecular weight excluding hydrogens is 339 g/mol. The Bertz CT molecular complexity index is 1120. The van der Waals surface area contributed by atoms with Gasteiger partial charge in [0.15, 0.2) is 10.8 Å². The first-order valence-electron chi connectivity index (χ1n) is 7.61. The second-order valence-corrected chi connectivity index (χ2v) is 6.47. The standard InChI is InChI=1S/C18H13FN4OS/c1-11-15(12-7-3-2-4-8-12)16-20-17(21-18(24)23(16)22-11)25-14-10-6-5-9-13(14)19/h2-10H,1H3,(H,20,21,24). The van der Waals surface area contributed by atoms with E-state index in [9.17, 15) is 9.18 Å². The SMILES string of the molecule is Cc1nn2c(=O)[nH]c(Sc3ccccc3F)nc2c1-c1ccccc1. The predicted molar refractivity (Wildman–Crippen MR) is 94.3 cm³/mol. The lowest BCUT2D eigenvalue weighted by atomic mass is 10.1. The number of hydrogen-bond donors (Lipinski definition) is 1. The van der Waals surface area contributed by atoms with Gasteiger partial charge in [-0.05, 0) is 36.4 Å². The molecule has 0 saturated carbocycles. The van der Waals surface area contributed by atoms with E-state index in [1.807, 2.05) is 37.3 Å². The predicted octanol–water partition coefficient (Wildman–Crippen LogP) is 3.68. The molecule has 0 aliphatic heterocycles. The van der Waals surface area contributed by atoms with Crippen LogP contribution in [0.5, 0.6) is 0 Å². The molecule has 0 radical (unpaired) electrons. The van der Waals surface area contributed by atoms with Gasteiger partial charge in [-0.2, -0.15) is 9.61 Å².